The molecule has 1 aromatic rings. The van der Waals surface area contributed by atoms with Crippen molar-refractivity contribution in [2.24, 2.45) is 5.92 Å². The fourth-order valence-electron chi connectivity index (χ4n) is 4.08. The van der Waals surface area contributed by atoms with Crippen molar-refractivity contribution in [1.29, 1.82) is 0 Å². The van der Waals surface area contributed by atoms with Crippen LogP contribution in [0.25, 0.3) is 0 Å². The number of aryl methyl sites for hydroxylation is 2. The number of anilines is 1. The molecule has 7 nitrogen and oxygen atoms in total. The van der Waals surface area contributed by atoms with Gasteiger partial charge in [0.05, 0.1) is 11.6 Å². The van der Waals surface area contributed by atoms with Crippen LogP contribution in [0.4, 0.5) is 5.82 Å². The first-order valence-corrected chi connectivity index (χ1v) is 9.25. The summed E-state index contributed by atoms with van der Waals surface area (Å²) in [6, 6.07) is 2.18. The van der Waals surface area contributed by atoms with Crippen molar-refractivity contribution in [3.05, 3.63) is 17.3 Å². The van der Waals surface area contributed by atoms with E-state index in [0.29, 0.717) is 26.1 Å². The zero-order valence-corrected chi connectivity index (χ0v) is 14.8. The molecule has 1 aliphatic carbocycles. The van der Waals surface area contributed by atoms with Crippen LogP contribution < -0.4 is 4.90 Å². The van der Waals surface area contributed by atoms with E-state index in [0.717, 1.165) is 37.4 Å². The van der Waals surface area contributed by atoms with E-state index < -0.39 is 0 Å². The van der Waals surface area contributed by atoms with Gasteiger partial charge >= 0.3 is 0 Å². The van der Waals surface area contributed by atoms with Gasteiger partial charge in [0.25, 0.3) is 0 Å². The zero-order chi connectivity index (χ0) is 17.4. The Morgan fingerprint density at radius 3 is 2.60 bits per heavy atom. The predicted molar refractivity (Wildman–Crippen MR) is 93.2 cm³/mol. The third-order valence-electron chi connectivity index (χ3n) is 5.66. The maximum Gasteiger partial charge on any atom is 0.228 e. The normalized spacial score (nSPS) is 23.8. The number of nitrogens with zero attached hydrogens (tertiary/aromatic N) is 5. The van der Waals surface area contributed by atoms with Crippen LogP contribution in [0.1, 0.15) is 30.5 Å². The number of hydrogen-bond donors (Lipinski definition) is 0. The number of likely N-dealkylation sites (tertiary alicyclic amines) is 1. The van der Waals surface area contributed by atoms with Crippen LogP contribution in [0.15, 0.2) is 6.07 Å². The molecular weight excluding hydrogens is 318 g/mol. The van der Waals surface area contributed by atoms with E-state index in [1.54, 1.807) is 11.9 Å². The van der Waals surface area contributed by atoms with Gasteiger partial charge in [-0.1, -0.05) is 0 Å². The molecule has 2 amide bonds. The first-order valence-electron chi connectivity index (χ1n) is 9.25. The molecule has 0 saturated carbocycles. The van der Waals surface area contributed by atoms with Gasteiger partial charge in [-0.2, -0.15) is 5.10 Å². The van der Waals surface area contributed by atoms with Gasteiger partial charge in [-0.05, 0) is 37.3 Å². The second-order valence-corrected chi connectivity index (χ2v) is 7.37. The third kappa shape index (κ3) is 3.19. The fraction of sp³-hybridized carbons (Fsp3) is 0.667. The molecule has 4 rings (SSSR count). The third-order valence-corrected chi connectivity index (χ3v) is 5.66. The Bertz CT molecular complexity index is 684. The van der Waals surface area contributed by atoms with Crippen molar-refractivity contribution < 1.29 is 9.59 Å². The molecule has 7 heteroatoms. The molecule has 2 saturated heterocycles. The lowest BCUT2D eigenvalue weighted by Crippen LogP contribution is -2.51. The van der Waals surface area contributed by atoms with Crippen LogP contribution in [0, 0.1) is 5.92 Å². The van der Waals surface area contributed by atoms with Crippen molar-refractivity contribution in [1.82, 2.24) is 20.0 Å². The van der Waals surface area contributed by atoms with E-state index in [2.05, 4.69) is 21.2 Å². The van der Waals surface area contributed by atoms with Crippen molar-refractivity contribution in [2.45, 2.75) is 32.1 Å². The van der Waals surface area contributed by atoms with Gasteiger partial charge in [0.1, 0.15) is 0 Å². The summed E-state index contributed by atoms with van der Waals surface area (Å²) < 4.78 is 0. The van der Waals surface area contributed by atoms with Gasteiger partial charge in [-0.3, -0.25) is 9.59 Å². The monoisotopic (exact) mass is 343 g/mol. The van der Waals surface area contributed by atoms with Crippen LogP contribution >= 0.6 is 0 Å². The minimum Gasteiger partial charge on any atom is -0.352 e. The lowest BCUT2D eigenvalue weighted by molar-refractivity contribution is -0.136. The van der Waals surface area contributed by atoms with Gasteiger partial charge in [-0.25, -0.2) is 0 Å². The Hall–Kier alpha value is -2.18. The molecule has 3 aliphatic rings. The van der Waals surface area contributed by atoms with E-state index in [9.17, 15) is 9.59 Å². The summed E-state index contributed by atoms with van der Waals surface area (Å²) in [6.45, 7) is 3.47. The second kappa shape index (κ2) is 6.61. The Kier molecular flexibility index (Phi) is 4.31. The number of hydrogen-bond acceptors (Lipinski definition) is 5. The van der Waals surface area contributed by atoms with E-state index in [1.807, 2.05) is 4.90 Å². The molecule has 134 valence electrons. The summed E-state index contributed by atoms with van der Waals surface area (Å²) >= 11 is 0. The Morgan fingerprint density at radius 1 is 1.12 bits per heavy atom. The van der Waals surface area contributed by atoms with Crippen LogP contribution in [0.3, 0.4) is 0 Å². The smallest absolute Gasteiger partial charge is 0.228 e. The topological polar surface area (TPSA) is 69.6 Å². The minimum atomic E-state index is -0.174. The zero-order valence-electron chi connectivity index (χ0n) is 14.8. The molecule has 2 fully saturated rings. The predicted octanol–water partition coefficient (Wildman–Crippen LogP) is 0.482. The van der Waals surface area contributed by atoms with Gasteiger partial charge in [0.2, 0.25) is 11.8 Å². The molecule has 0 N–H and O–H groups in total. The first kappa shape index (κ1) is 16.3. The number of fused-ring (bicyclic) bond motifs is 1. The van der Waals surface area contributed by atoms with Gasteiger partial charge in [0.15, 0.2) is 5.82 Å². The summed E-state index contributed by atoms with van der Waals surface area (Å²) in [7, 11) is 1.77. The minimum absolute atomic E-state index is 0.0707. The fourth-order valence-corrected chi connectivity index (χ4v) is 4.08. The molecule has 0 radical (unpaired) electrons. The maximum absolute atomic E-state index is 12.6. The summed E-state index contributed by atoms with van der Waals surface area (Å²) in [5, 5.41) is 8.82. The number of carbonyl (C=O) groups is 2. The van der Waals surface area contributed by atoms with Crippen molar-refractivity contribution in [3.8, 4) is 0 Å². The van der Waals surface area contributed by atoms with Crippen molar-refractivity contribution in [3.63, 3.8) is 0 Å². The maximum atomic E-state index is 12.6. The highest BCUT2D eigenvalue weighted by Crippen LogP contribution is 2.24. The number of piperazine rings is 1. The summed E-state index contributed by atoms with van der Waals surface area (Å²) in [5.41, 5.74) is 2.49. The summed E-state index contributed by atoms with van der Waals surface area (Å²) in [4.78, 5) is 30.1. The molecule has 3 heterocycles. The van der Waals surface area contributed by atoms with Crippen molar-refractivity contribution >= 4 is 17.6 Å². The molecule has 1 aromatic heterocycles. The Labute approximate surface area is 148 Å². The number of rotatable bonds is 2. The van der Waals surface area contributed by atoms with E-state index in [4.69, 9.17) is 0 Å². The lowest BCUT2D eigenvalue weighted by Gasteiger charge is -2.36. The highest BCUT2D eigenvalue weighted by Gasteiger charge is 2.35. The summed E-state index contributed by atoms with van der Waals surface area (Å²) in [6.07, 6.45) is 4.93. The Balaban J connectivity index is 1.37. The quantitative estimate of drug-likeness (QED) is 0.781. The number of amides is 2. The van der Waals surface area contributed by atoms with Gasteiger partial charge in [0, 0.05) is 46.2 Å². The number of carbonyl (C=O) groups excluding carboxylic acids is 2. The molecule has 0 aromatic carbocycles. The van der Waals surface area contributed by atoms with Crippen LogP contribution in [0.2, 0.25) is 0 Å². The molecular formula is C18H25N5O2. The molecule has 2 aliphatic heterocycles. The molecule has 0 bridgehead atoms. The number of aromatic nitrogens is 2. The average Bonchev–Trinajstić information content (AvgIpc) is 2.99. The lowest BCUT2D eigenvalue weighted by atomic mass is 9.97. The van der Waals surface area contributed by atoms with Crippen LogP contribution in [-0.2, 0) is 22.4 Å². The van der Waals surface area contributed by atoms with Crippen molar-refractivity contribution in [2.75, 3.05) is 44.7 Å². The first-order chi connectivity index (χ1) is 12.1. The van der Waals surface area contributed by atoms with Crippen LogP contribution in [0.5, 0.6) is 0 Å². The Morgan fingerprint density at radius 2 is 1.88 bits per heavy atom. The molecule has 0 spiro atoms. The average molecular weight is 343 g/mol. The second-order valence-electron chi connectivity index (χ2n) is 7.37. The van der Waals surface area contributed by atoms with Gasteiger partial charge in [-0.15, -0.1) is 5.10 Å². The van der Waals surface area contributed by atoms with E-state index >= 15 is 0 Å². The molecule has 25 heavy (non-hydrogen) atoms. The summed E-state index contributed by atoms with van der Waals surface area (Å²) in [5.74, 6) is 0.950. The van der Waals surface area contributed by atoms with Gasteiger partial charge < -0.3 is 14.7 Å². The molecule has 1 unspecified atom stereocenters. The standard InChI is InChI=1S/C18H25N5O2/c1-21-12-14(11-17(21)24)18(25)23-8-6-22(7-9-23)16-10-13-4-2-3-5-15(13)19-20-16/h10,14H,2-9,11-12H2,1H3. The molecule has 1 atom stereocenters. The van der Waals surface area contributed by atoms with E-state index in [-0.39, 0.29) is 17.7 Å². The largest absolute Gasteiger partial charge is 0.352 e. The highest BCUT2D eigenvalue weighted by atomic mass is 16.2. The van der Waals surface area contributed by atoms with Crippen LogP contribution in [-0.4, -0.2) is 71.6 Å². The SMILES string of the molecule is CN1CC(C(=O)N2CCN(c3cc4c(nn3)CCCC4)CC2)CC1=O. The van der Waals surface area contributed by atoms with E-state index in [1.165, 1.54) is 18.4 Å². The highest BCUT2D eigenvalue weighted by molar-refractivity contribution is 5.89.